The van der Waals surface area contributed by atoms with E-state index in [9.17, 15) is 9.65 Å². The highest BCUT2D eigenvalue weighted by molar-refractivity contribution is 7.99. The van der Waals surface area contributed by atoms with Crippen LogP contribution in [0, 0.1) is 17.1 Å². The number of aromatic nitrogens is 1. The van der Waals surface area contributed by atoms with Crippen molar-refractivity contribution in [2.75, 3.05) is 5.75 Å². The van der Waals surface area contributed by atoms with E-state index in [-0.39, 0.29) is 5.82 Å². The molecule has 92 valence electrons. The van der Waals surface area contributed by atoms with Gasteiger partial charge in [0.2, 0.25) is 0 Å². The zero-order valence-corrected chi connectivity index (χ0v) is 11.1. The maximum Gasteiger partial charge on any atom is 0.123 e. The lowest BCUT2D eigenvalue weighted by molar-refractivity contribution is 0.628. The lowest BCUT2D eigenvalue weighted by atomic mass is 10.1. The molecule has 1 heterocycles. The molecule has 0 spiro atoms. The zero-order valence-electron chi connectivity index (χ0n) is 10.3. The number of hydrogen-bond donors (Lipinski definition) is 0. The lowest BCUT2D eigenvalue weighted by Gasteiger charge is -2.00. The molecule has 2 nitrogen and oxygen atoms in total. The molecular weight excluding hydrogens is 247 g/mol. The minimum absolute atomic E-state index is 0.267. The Morgan fingerprint density at radius 3 is 2.56 bits per heavy atom. The number of hydrogen-bond acceptors (Lipinski definition) is 2. The smallest absolute Gasteiger partial charge is 0.123 e. The molecule has 0 radical (unpaired) electrons. The van der Waals surface area contributed by atoms with Gasteiger partial charge in [0.15, 0.2) is 0 Å². The van der Waals surface area contributed by atoms with Gasteiger partial charge >= 0.3 is 0 Å². The highest BCUT2D eigenvalue weighted by atomic mass is 32.2. The fraction of sp³-hybridized carbons (Fsp3) is 0.214. The predicted molar refractivity (Wildman–Crippen MR) is 71.9 cm³/mol. The second kappa shape index (κ2) is 5.28. The molecular formula is C14H13FN2S. The van der Waals surface area contributed by atoms with Crippen molar-refractivity contribution in [1.29, 1.82) is 5.26 Å². The minimum Gasteiger partial charge on any atom is -0.344 e. The van der Waals surface area contributed by atoms with Gasteiger partial charge in [0.05, 0.1) is 10.6 Å². The van der Waals surface area contributed by atoms with Crippen molar-refractivity contribution in [3.63, 3.8) is 0 Å². The average molecular weight is 260 g/mol. The van der Waals surface area contributed by atoms with E-state index in [0.29, 0.717) is 5.56 Å². The third-order valence-electron chi connectivity index (χ3n) is 2.67. The van der Waals surface area contributed by atoms with E-state index in [2.05, 4.69) is 13.0 Å². The molecule has 2 rings (SSSR count). The van der Waals surface area contributed by atoms with Gasteiger partial charge in [-0.25, -0.2) is 4.39 Å². The van der Waals surface area contributed by atoms with Crippen LogP contribution < -0.4 is 0 Å². The van der Waals surface area contributed by atoms with Gasteiger partial charge in [-0.3, -0.25) is 0 Å². The molecule has 4 heteroatoms. The van der Waals surface area contributed by atoms with E-state index in [1.54, 1.807) is 23.9 Å². The first-order valence-electron chi connectivity index (χ1n) is 5.65. The molecule has 2 aromatic rings. The van der Waals surface area contributed by atoms with E-state index in [4.69, 9.17) is 0 Å². The zero-order chi connectivity index (χ0) is 13.1. The van der Waals surface area contributed by atoms with Gasteiger partial charge < -0.3 is 4.57 Å². The second-order valence-electron chi connectivity index (χ2n) is 3.89. The molecule has 0 aliphatic carbocycles. The third kappa shape index (κ3) is 2.27. The van der Waals surface area contributed by atoms with Gasteiger partial charge in [0.1, 0.15) is 11.9 Å². The van der Waals surface area contributed by atoms with Gasteiger partial charge in [-0.15, -0.1) is 11.8 Å². The Labute approximate surface area is 110 Å². The van der Waals surface area contributed by atoms with Crippen LogP contribution in [-0.2, 0) is 7.05 Å². The fourth-order valence-electron chi connectivity index (χ4n) is 1.88. The summed E-state index contributed by atoms with van der Waals surface area (Å²) >= 11 is 1.64. The minimum atomic E-state index is -0.267. The Balaban J connectivity index is 2.55. The summed E-state index contributed by atoms with van der Waals surface area (Å²) < 4.78 is 14.9. The van der Waals surface area contributed by atoms with Gasteiger partial charge in [-0.1, -0.05) is 19.1 Å². The molecule has 0 N–H and O–H groups in total. The molecule has 0 fully saturated rings. The van der Waals surface area contributed by atoms with E-state index in [1.165, 1.54) is 12.1 Å². The van der Waals surface area contributed by atoms with E-state index in [1.807, 2.05) is 17.8 Å². The summed E-state index contributed by atoms with van der Waals surface area (Å²) in [5, 5.41) is 10.3. The molecule has 1 aromatic carbocycles. The molecule has 0 amide bonds. The van der Waals surface area contributed by atoms with Crippen molar-refractivity contribution in [2.45, 2.75) is 11.9 Å². The normalized spacial score (nSPS) is 10.3. The maximum absolute atomic E-state index is 12.9. The second-order valence-corrected chi connectivity index (χ2v) is 5.14. The number of halogens is 1. The van der Waals surface area contributed by atoms with Crippen molar-refractivity contribution in [3.8, 4) is 17.2 Å². The Hall–Kier alpha value is -1.73. The van der Waals surface area contributed by atoms with E-state index in [0.717, 1.165) is 21.9 Å². The van der Waals surface area contributed by atoms with Gasteiger partial charge in [0.25, 0.3) is 0 Å². The molecule has 0 saturated heterocycles. The molecule has 0 atom stereocenters. The topological polar surface area (TPSA) is 28.7 Å². The number of benzene rings is 1. The number of rotatable bonds is 3. The summed E-state index contributed by atoms with van der Waals surface area (Å²) in [6, 6.07) is 8.47. The van der Waals surface area contributed by atoms with Gasteiger partial charge in [-0.2, -0.15) is 5.26 Å². The molecule has 18 heavy (non-hydrogen) atoms. The maximum atomic E-state index is 12.9. The first-order valence-corrected chi connectivity index (χ1v) is 6.64. The van der Waals surface area contributed by atoms with Crippen molar-refractivity contribution >= 4 is 11.8 Å². The van der Waals surface area contributed by atoms with E-state index < -0.39 is 0 Å². The van der Waals surface area contributed by atoms with Crippen LogP contribution in [0.5, 0.6) is 0 Å². The molecule has 0 unspecified atom stereocenters. The number of aryl methyl sites for hydroxylation is 1. The Morgan fingerprint density at radius 2 is 2.00 bits per heavy atom. The number of nitrogens with zero attached hydrogens (tertiary/aromatic N) is 2. The quantitative estimate of drug-likeness (QED) is 0.785. The fourth-order valence-corrected chi connectivity index (χ4v) is 2.71. The largest absolute Gasteiger partial charge is 0.344 e. The van der Waals surface area contributed by atoms with Crippen LogP contribution in [0.15, 0.2) is 35.5 Å². The first-order chi connectivity index (χ1) is 8.67. The molecule has 0 aliphatic heterocycles. The highest BCUT2D eigenvalue weighted by Crippen LogP contribution is 2.32. The summed E-state index contributed by atoms with van der Waals surface area (Å²) in [4.78, 5) is 0. The van der Waals surface area contributed by atoms with Crippen LogP contribution in [0.25, 0.3) is 11.1 Å². The van der Waals surface area contributed by atoms with Gasteiger partial charge in [0, 0.05) is 18.8 Å². The van der Waals surface area contributed by atoms with Gasteiger partial charge in [-0.05, 0) is 23.4 Å². The summed E-state index contributed by atoms with van der Waals surface area (Å²) in [5.74, 6) is 0.645. The molecule has 0 bridgehead atoms. The monoisotopic (exact) mass is 260 g/mol. The Morgan fingerprint density at radius 1 is 1.33 bits per heavy atom. The van der Waals surface area contributed by atoms with Crippen LogP contribution in [0.2, 0.25) is 0 Å². The van der Waals surface area contributed by atoms with Crippen LogP contribution in [-0.4, -0.2) is 10.3 Å². The molecule has 0 saturated carbocycles. The summed E-state index contributed by atoms with van der Waals surface area (Å²) in [7, 11) is 1.92. The third-order valence-corrected chi connectivity index (χ3v) is 3.73. The lowest BCUT2D eigenvalue weighted by Crippen LogP contribution is -1.88. The summed E-state index contributed by atoms with van der Waals surface area (Å²) in [6.07, 6.45) is 1.92. The van der Waals surface area contributed by atoms with E-state index >= 15 is 0 Å². The first kappa shape index (κ1) is 12.7. The van der Waals surface area contributed by atoms with Crippen LogP contribution in [0.4, 0.5) is 4.39 Å². The number of thioether (sulfide) groups is 1. The summed E-state index contributed by atoms with van der Waals surface area (Å²) in [5.41, 5.74) is 2.39. The summed E-state index contributed by atoms with van der Waals surface area (Å²) in [6.45, 7) is 2.05. The predicted octanol–water partition coefficient (Wildman–Crippen LogP) is 3.81. The SMILES string of the molecule is CCSc1c(C#N)c(-c2ccc(F)cc2)cn1C. The number of nitriles is 1. The van der Waals surface area contributed by atoms with Crippen LogP contribution in [0.1, 0.15) is 12.5 Å². The van der Waals surface area contributed by atoms with Crippen LogP contribution >= 0.6 is 11.8 Å². The van der Waals surface area contributed by atoms with Crippen LogP contribution in [0.3, 0.4) is 0 Å². The Kier molecular flexibility index (Phi) is 3.73. The Bertz CT molecular complexity index is 593. The van der Waals surface area contributed by atoms with Crippen molar-refractivity contribution in [3.05, 3.63) is 41.8 Å². The molecule has 0 aliphatic rings. The van der Waals surface area contributed by atoms with Crippen molar-refractivity contribution in [1.82, 2.24) is 4.57 Å². The van der Waals surface area contributed by atoms with Crippen molar-refractivity contribution in [2.24, 2.45) is 7.05 Å². The van der Waals surface area contributed by atoms with Crippen molar-refractivity contribution < 1.29 is 4.39 Å². The molecule has 1 aromatic heterocycles. The highest BCUT2D eigenvalue weighted by Gasteiger charge is 2.15. The standard InChI is InChI=1S/C14H13FN2S/c1-3-18-14-12(8-16)13(9-17(14)2)10-4-6-11(15)7-5-10/h4-7,9H,3H2,1-2H3. The average Bonchev–Trinajstić information content (AvgIpc) is 2.68.